The second-order valence-corrected chi connectivity index (χ2v) is 5.47. The van der Waals surface area contributed by atoms with Gasteiger partial charge in [-0.3, -0.25) is 9.78 Å². The lowest BCUT2D eigenvalue weighted by Gasteiger charge is -2.12. The number of carbonyl (C=O) groups excluding carboxylic acids is 1. The normalized spacial score (nSPS) is 10.7. The second kappa shape index (κ2) is 5.56. The van der Waals surface area contributed by atoms with Crippen LogP contribution in [0.5, 0.6) is 0 Å². The molecule has 22 heavy (non-hydrogen) atoms. The molecule has 2 aromatic carbocycles. The number of fused-ring (bicyclic) bond motifs is 1. The number of nitrogens with zero attached hydrogens (tertiary/aromatic N) is 2. The molecule has 1 amide bonds. The summed E-state index contributed by atoms with van der Waals surface area (Å²) in [5.41, 5.74) is 5.91. The highest BCUT2D eigenvalue weighted by Crippen LogP contribution is 2.22. The van der Waals surface area contributed by atoms with E-state index in [9.17, 15) is 4.79 Å². The lowest BCUT2D eigenvalue weighted by Crippen LogP contribution is -2.16. The van der Waals surface area contributed by atoms with Crippen LogP contribution in [0.25, 0.3) is 11.0 Å². The second-order valence-electron chi connectivity index (χ2n) is 5.47. The summed E-state index contributed by atoms with van der Waals surface area (Å²) in [6.07, 6.45) is 1.51. The van der Waals surface area contributed by atoms with E-state index in [-0.39, 0.29) is 5.91 Å². The first kappa shape index (κ1) is 14.2. The maximum absolute atomic E-state index is 12.4. The van der Waals surface area contributed by atoms with Crippen molar-refractivity contribution in [2.45, 2.75) is 20.8 Å². The molecule has 0 aliphatic heterocycles. The molecular weight excluding hydrogens is 274 g/mol. The van der Waals surface area contributed by atoms with Gasteiger partial charge in [0.2, 0.25) is 0 Å². The molecule has 0 atom stereocenters. The third-order valence-electron chi connectivity index (χ3n) is 3.60. The van der Waals surface area contributed by atoms with Gasteiger partial charge in [-0.15, -0.1) is 0 Å². The predicted molar refractivity (Wildman–Crippen MR) is 88.1 cm³/mol. The Balaban J connectivity index is 1.93. The topological polar surface area (TPSA) is 54.9 Å². The van der Waals surface area contributed by atoms with Crippen molar-refractivity contribution in [1.29, 1.82) is 0 Å². The Morgan fingerprint density at radius 2 is 1.64 bits per heavy atom. The molecule has 1 N–H and O–H groups in total. The Hall–Kier alpha value is -2.75. The fourth-order valence-electron chi connectivity index (χ4n) is 2.62. The minimum absolute atomic E-state index is 0.242. The molecule has 0 spiro atoms. The zero-order valence-electron chi connectivity index (χ0n) is 12.8. The third-order valence-corrected chi connectivity index (χ3v) is 3.60. The molecule has 0 aliphatic carbocycles. The molecule has 0 fully saturated rings. The Morgan fingerprint density at radius 1 is 1.00 bits per heavy atom. The smallest absolute Gasteiger partial charge is 0.275 e. The molecule has 0 aliphatic rings. The first-order chi connectivity index (χ1) is 10.5. The summed E-state index contributed by atoms with van der Waals surface area (Å²) in [6.45, 7) is 6.02. The first-order valence-corrected chi connectivity index (χ1v) is 7.15. The van der Waals surface area contributed by atoms with Crippen LogP contribution < -0.4 is 5.32 Å². The van der Waals surface area contributed by atoms with E-state index in [0.717, 1.165) is 22.3 Å². The summed E-state index contributed by atoms with van der Waals surface area (Å²) in [7, 11) is 0. The van der Waals surface area contributed by atoms with Gasteiger partial charge >= 0.3 is 0 Å². The minimum atomic E-state index is -0.242. The highest BCUT2D eigenvalue weighted by atomic mass is 16.1. The molecule has 110 valence electrons. The number of rotatable bonds is 2. The van der Waals surface area contributed by atoms with Crippen LogP contribution >= 0.6 is 0 Å². The average molecular weight is 291 g/mol. The zero-order valence-corrected chi connectivity index (χ0v) is 12.8. The summed E-state index contributed by atoms with van der Waals surface area (Å²) < 4.78 is 0. The number of aromatic nitrogens is 2. The highest BCUT2D eigenvalue weighted by molar-refractivity contribution is 6.04. The number of benzene rings is 2. The van der Waals surface area contributed by atoms with E-state index in [1.54, 1.807) is 0 Å². The fraction of sp³-hybridized carbons (Fsp3) is 0.167. The molecule has 4 nitrogen and oxygen atoms in total. The standard InChI is InChI=1S/C18H17N3O/c1-11-8-12(2)17(13(3)9-11)21-18(22)16-10-19-14-6-4-5-7-15(14)20-16/h4-10H,1-3H3,(H,21,22). The van der Waals surface area contributed by atoms with Crippen molar-refractivity contribution < 1.29 is 4.79 Å². The van der Waals surface area contributed by atoms with Crippen molar-refractivity contribution in [1.82, 2.24) is 9.97 Å². The molecule has 1 aromatic heterocycles. The Bertz CT molecular complexity index is 848. The SMILES string of the molecule is Cc1cc(C)c(NC(=O)c2cnc3ccccc3n2)c(C)c1. The summed E-state index contributed by atoms with van der Waals surface area (Å²) in [5.74, 6) is -0.242. The van der Waals surface area contributed by atoms with Crippen LogP contribution in [-0.4, -0.2) is 15.9 Å². The van der Waals surface area contributed by atoms with E-state index in [4.69, 9.17) is 0 Å². The van der Waals surface area contributed by atoms with Gasteiger partial charge in [0.25, 0.3) is 5.91 Å². The summed E-state index contributed by atoms with van der Waals surface area (Å²) in [5, 5.41) is 2.95. The molecule has 3 rings (SSSR count). The summed E-state index contributed by atoms with van der Waals surface area (Å²) in [6, 6.07) is 11.6. The fourth-order valence-corrected chi connectivity index (χ4v) is 2.62. The Kier molecular flexibility index (Phi) is 3.59. The number of amides is 1. The van der Waals surface area contributed by atoms with Crippen molar-refractivity contribution >= 4 is 22.6 Å². The summed E-state index contributed by atoms with van der Waals surface area (Å²) >= 11 is 0. The van der Waals surface area contributed by atoms with E-state index >= 15 is 0 Å². The molecule has 0 saturated carbocycles. The number of para-hydroxylation sites is 2. The molecule has 0 radical (unpaired) electrons. The zero-order chi connectivity index (χ0) is 15.7. The monoisotopic (exact) mass is 291 g/mol. The first-order valence-electron chi connectivity index (χ1n) is 7.15. The Morgan fingerprint density at radius 3 is 2.32 bits per heavy atom. The van der Waals surface area contributed by atoms with Crippen molar-refractivity contribution in [2.24, 2.45) is 0 Å². The van der Waals surface area contributed by atoms with E-state index in [1.807, 2.05) is 45.0 Å². The van der Waals surface area contributed by atoms with Crippen LogP contribution in [0.2, 0.25) is 0 Å². The maximum Gasteiger partial charge on any atom is 0.275 e. The van der Waals surface area contributed by atoms with Gasteiger partial charge in [0.15, 0.2) is 0 Å². The van der Waals surface area contributed by atoms with Crippen LogP contribution in [0.3, 0.4) is 0 Å². The van der Waals surface area contributed by atoms with Crippen molar-refractivity contribution in [2.75, 3.05) is 5.32 Å². The van der Waals surface area contributed by atoms with Crippen LogP contribution in [0.4, 0.5) is 5.69 Å². The van der Waals surface area contributed by atoms with E-state index in [2.05, 4.69) is 27.4 Å². The number of hydrogen-bond acceptors (Lipinski definition) is 3. The van der Waals surface area contributed by atoms with Gasteiger partial charge < -0.3 is 5.32 Å². The van der Waals surface area contributed by atoms with Gasteiger partial charge in [0.1, 0.15) is 5.69 Å². The average Bonchev–Trinajstić information content (AvgIpc) is 2.50. The highest BCUT2D eigenvalue weighted by Gasteiger charge is 2.12. The molecule has 0 unspecified atom stereocenters. The lowest BCUT2D eigenvalue weighted by molar-refractivity contribution is 0.102. The van der Waals surface area contributed by atoms with E-state index in [1.165, 1.54) is 11.8 Å². The number of carbonyl (C=O) groups is 1. The number of anilines is 1. The molecule has 0 saturated heterocycles. The molecule has 4 heteroatoms. The molecule has 3 aromatic rings. The van der Waals surface area contributed by atoms with E-state index < -0.39 is 0 Å². The predicted octanol–water partition coefficient (Wildman–Crippen LogP) is 3.81. The third kappa shape index (κ3) is 2.68. The quantitative estimate of drug-likeness (QED) is 0.781. The summed E-state index contributed by atoms with van der Waals surface area (Å²) in [4.78, 5) is 21.1. The van der Waals surface area contributed by atoms with Crippen LogP contribution in [0.15, 0.2) is 42.6 Å². The largest absolute Gasteiger partial charge is 0.320 e. The number of nitrogens with one attached hydrogen (secondary N) is 1. The van der Waals surface area contributed by atoms with Gasteiger partial charge in [-0.2, -0.15) is 0 Å². The van der Waals surface area contributed by atoms with E-state index in [0.29, 0.717) is 11.2 Å². The number of hydrogen-bond donors (Lipinski definition) is 1. The molecule has 0 bridgehead atoms. The van der Waals surface area contributed by atoms with Gasteiger partial charge in [-0.1, -0.05) is 29.8 Å². The van der Waals surface area contributed by atoms with Gasteiger partial charge in [0, 0.05) is 5.69 Å². The van der Waals surface area contributed by atoms with Crippen LogP contribution in [0.1, 0.15) is 27.2 Å². The van der Waals surface area contributed by atoms with Gasteiger partial charge in [-0.05, 0) is 44.0 Å². The van der Waals surface area contributed by atoms with Crippen LogP contribution in [-0.2, 0) is 0 Å². The molecular formula is C18H17N3O. The van der Waals surface area contributed by atoms with Gasteiger partial charge in [0.05, 0.1) is 17.2 Å². The maximum atomic E-state index is 12.4. The Labute approximate surface area is 129 Å². The lowest BCUT2D eigenvalue weighted by atomic mass is 10.1. The van der Waals surface area contributed by atoms with Crippen molar-refractivity contribution in [3.63, 3.8) is 0 Å². The van der Waals surface area contributed by atoms with Crippen LogP contribution in [0, 0.1) is 20.8 Å². The minimum Gasteiger partial charge on any atom is -0.320 e. The number of aryl methyl sites for hydroxylation is 3. The van der Waals surface area contributed by atoms with Crippen molar-refractivity contribution in [3.05, 3.63) is 65.0 Å². The van der Waals surface area contributed by atoms with Gasteiger partial charge in [-0.25, -0.2) is 4.98 Å². The van der Waals surface area contributed by atoms with Crippen molar-refractivity contribution in [3.8, 4) is 0 Å². The molecule has 1 heterocycles.